The highest BCUT2D eigenvalue weighted by Gasteiger charge is 2.43. The van der Waals surface area contributed by atoms with Crippen molar-refractivity contribution in [1.82, 2.24) is 0 Å². The first-order valence-electron chi connectivity index (χ1n) is 6.72. The van der Waals surface area contributed by atoms with Gasteiger partial charge < -0.3 is 4.90 Å². The molecule has 0 amide bonds. The van der Waals surface area contributed by atoms with Crippen molar-refractivity contribution >= 4 is 5.69 Å². The third-order valence-electron chi connectivity index (χ3n) is 4.70. The van der Waals surface area contributed by atoms with Gasteiger partial charge in [-0.15, -0.1) is 0 Å². The van der Waals surface area contributed by atoms with E-state index in [1.165, 1.54) is 25.1 Å². The highest BCUT2D eigenvalue weighted by molar-refractivity contribution is 5.72. The molecule has 1 aromatic rings. The summed E-state index contributed by atoms with van der Waals surface area (Å²) in [4.78, 5) is 2.61. The standard InChI is InChI=1S/C16H23N/c1-11-6-7-12-14-13(11)16(4,5)10-17(14)9-8-15(12,2)3/h6-7H,8-10H2,1-5H3. The molecule has 3 rings (SSSR count). The van der Waals surface area contributed by atoms with E-state index >= 15 is 0 Å². The van der Waals surface area contributed by atoms with Crippen LogP contribution < -0.4 is 4.90 Å². The van der Waals surface area contributed by atoms with Crippen LogP contribution in [-0.2, 0) is 10.8 Å². The SMILES string of the molecule is Cc1ccc2c3c1C(C)(C)CN3CCC2(C)C. The fourth-order valence-electron chi connectivity index (χ4n) is 3.80. The monoisotopic (exact) mass is 229 g/mol. The van der Waals surface area contributed by atoms with Crippen LogP contribution >= 0.6 is 0 Å². The Hall–Kier alpha value is -0.980. The van der Waals surface area contributed by atoms with Gasteiger partial charge in [-0.1, -0.05) is 39.8 Å². The van der Waals surface area contributed by atoms with E-state index in [2.05, 4.69) is 51.7 Å². The fourth-order valence-corrected chi connectivity index (χ4v) is 3.80. The quantitative estimate of drug-likeness (QED) is 0.654. The number of hydrogen-bond donors (Lipinski definition) is 0. The summed E-state index contributed by atoms with van der Waals surface area (Å²) in [7, 11) is 0. The second kappa shape index (κ2) is 3.07. The first-order valence-corrected chi connectivity index (χ1v) is 6.72. The second-order valence-corrected chi connectivity index (χ2v) is 7.09. The van der Waals surface area contributed by atoms with Gasteiger partial charge in [0.2, 0.25) is 0 Å². The van der Waals surface area contributed by atoms with Crippen LogP contribution in [0, 0.1) is 6.92 Å². The summed E-state index contributed by atoms with van der Waals surface area (Å²) >= 11 is 0. The summed E-state index contributed by atoms with van der Waals surface area (Å²) in [5.74, 6) is 0. The molecular weight excluding hydrogens is 206 g/mol. The molecule has 0 aromatic heterocycles. The third-order valence-corrected chi connectivity index (χ3v) is 4.70. The van der Waals surface area contributed by atoms with Gasteiger partial charge in [0.25, 0.3) is 0 Å². The Balaban J connectivity index is 2.32. The van der Waals surface area contributed by atoms with Gasteiger partial charge in [-0.2, -0.15) is 0 Å². The molecule has 0 radical (unpaired) electrons. The molecule has 0 aliphatic carbocycles. The smallest absolute Gasteiger partial charge is 0.0445 e. The molecule has 0 bridgehead atoms. The molecular formula is C16H23N. The molecule has 0 spiro atoms. The zero-order chi connectivity index (χ0) is 12.4. The lowest BCUT2D eigenvalue weighted by atomic mass is 9.75. The van der Waals surface area contributed by atoms with E-state index in [9.17, 15) is 0 Å². The maximum atomic E-state index is 2.61. The zero-order valence-corrected chi connectivity index (χ0v) is 11.7. The van der Waals surface area contributed by atoms with Crippen LogP contribution in [0.5, 0.6) is 0 Å². The lowest BCUT2D eigenvalue weighted by Crippen LogP contribution is -2.37. The van der Waals surface area contributed by atoms with Gasteiger partial charge in [0.15, 0.2) is 0 Å². The fraction of sp³-hybridized carbons (Fsp3) is 0.625. The Kier molecular flexibility index (Phi) is 2.01. The maximum Gasteiger partial charge on any atom is 0.0445 e. The number of anilines is 1. The molecule has 0 unspecified atom stereocenters. The van der Waals surface area contributed by atoms with Crippen molar-refractivity contribution in [1.29, 1.82) is 0 Å². The van der Waals surface area contributed by atoms with Gasteiger partial charge in [0, 0.05) is 24.2 Å². The van der Waals surface area contributed by atoms with E-state index in [0.717, 1.165) is 0 Å². The van der Waals surface area contributed by atoms with Crippen molar-refractivity contribution in [2.75, 3.05) is 18.0 Å². The molecule has 0 N–H and O–H groups in total. The first-order chi connectivity index (χ1) is 7.83. The summed E-state index contributed by atoms with van der Waals surface area (Å²) in [6.07, 6.45) is 1.28. The van der Waals surface area contributed by atoms with E-state index < -0.39 is 0 Å². The number of aryl methyl sites for hydroxylation is 1. The lowest BCUT2D eigenvalue weighted by molar-refractivity contribution is 0.450. The van der Waals surface area contributed by atoms with Crippen molar-refractivity contribution in [3.05, 3.63) is 28.8 Å². The van der Waals surface area contributed by atoms with Crippen LogP contribution in [0.15, 0.2) is 12.1 Å². The van der Waals surface area contributed by atoms with Crippen LogP contribution in [0.1, 0.15) is 50.8 Å². The molecule has 2 heterocycles. The summed E-state index contributed by atoms with van der Waals surface area (Å²) in [6, 6.07) is 4.69. The topological polar surface area (TPSA) is 3.24 Å². The van der Waals surface area contributed by atoms with Gasteiger partial charge >= 0.3 is 0 Å². The summed E-state index contributed by atoms with van der Waals surface area (Å²) in [5, 5.41) is 0. The highest BCUT2D eigenvalue weighted by Crippen LogP contribution is 2.50. The Bertz CT molecular complexity index is 483. The second-order valence-electron chi connectivity index (χ2n) is 7.09. The van der Waals surface area contributed by atoms with Gasteiger partial charge in [-0.25, -0.2) is 0 Å². The Morgan fingerprint density at radius 3 is 2.47 bits per heavy atom. The molecule has 1 aromatic carbocycles. The van der Waals surface area contributed by atoms with Crippen molar-refractivity contribution < 1.29 is 0 Å². The first kappa shape index (κ1) is 11.1. The van der Waals surface area contributed by atoms with E-state index in [4.69, 9.17) is 0 Å². The minimum absolute atomic E-state index is 0.315. The maximum absolute atomic E-state index is 2.61. The summed E-state index contributed by atoms with van der Waals surface area (Å²) in [6.45, 7) is 14.2. The highest BCUT2D eigenvalue weighted by atomic mass is 15.2. The largest absolute Gasteiger partial charge is 0.370 e. The number of nitrogens with zero attached hydrogens (tertiary/aromatic N) is 1. The molecule has 1 nitrogen and oxygen atoms in total. The molecule has 1 heteroatoms. The number of hydrogen-bond acceptors (Lipinski definition) is 1. The van der Waals surface area contributed by atoms with E-state index in [1.807, 2.05) is 0 Å². The molecule has 0 fully saturated rings. The van der Waals surface area contributed by atoms with Crippen molar-refractivity contribution in [2.24, 2.45) is 0 Å². The van der Waals surface area contributed by atoms with Crippen molar-refractivity contribution in [2.45, 2.75) is 51.9 Å². The van der Waals surface area contributed by atoms with Gasteiger partial charge in [0.1, 0.15) is 0 Å². The molecule has 0 atom stereocenters. The van der Waals surface area contributed by atoms with Crippen LogP contribution in [0.2, 0.25) is 0 Å². The zero-order valence-electron chi connectivity index (χ0n) is 11.7. The minimum Gasteiger partial charge on any atom is -0.370 e. The average molecular weight is 229 g/mol. The molecule has 2 aliphatic heterocycles. The normalized spacial score (nSPS) is 23.7. The molecule has 0 saturated heterocycles. The van der Waals surface area contributed by atoms with Crippen LogP contribution in [-0.4, -0.2) is 13.1 Å². The Morgan fingerprint density at radius 1 is 1.06 bits per heavy atom. The summed E-state index contributed by atoms with van der Waals surface area (Å²) in [5.41, 5.74) is 6.85. The molecule has 17 heavy (non-hydrogen) atoms. The van der Waals surface area contributed by atoms with Crippen molar-refractivity contribution in [3.63, 3.8) is 0 Å². The van der Waals surface area contributed by atoms with E-state index in [-0.39, 0.29) is 0 Å². The summed E-state index contributed by atoms with van der Waals surface area (Å²) < 4.78 is 0. The van der Waals surface area contributed by atoms with E-state index in [0.29, 0.717) is 10.8 Å². The average Bonchev–Trinajstić information content (AvgIpc) is 2.48. The van der Waals surface area contributed by atoms with E-state index in [1.54, 1.807) is 16.8 Å². The molecule has 92 valence electrons. The van der Waals surface area contributed by atoms with Gasteiger partial charge in [-0.05, 0) is 35.4 Å². The van der Waals surface area contributed by atoms with Crippen LogP contribution in [0.4, 0.5) is 5.69 Å². The lowest BCUT2D eigenvalue weighted by Gasteiger charge is -2.38. The molecule has 0 saturated carbocycles. The van der Waals surface area contributed by atoms with Crippen LogP contribution in [0.25, 0.3) is 0 Å². The predicted octanol–water partition coefficient (Wildman–Crippen LogP) is 3.77. The van der Waals surface area contributed by atoms with Crippen LogP contribution in [0.3, 0.4) is 0 Å². The van der Waals surface area contributed by atoms with Crippen molar-refractivity contribution in [3.8, 4) is 0 Å². The Morgan fingerprint density at radius 2 is 1.76 bits per heavy atom. The van der Waals surface area contributed by atoms with Gasteiger partial charge in [-0.3, -0.25) is 0 Å². The third kappa shape index (κ3) is 1.38. The Labute approximate surface area is 105 Å². The van der Waals surface area contributed by atoms with Gasteiger partial charge in [0.05, 0.1) is 0 Å². The minimum atomic E-state index is 0.315. The number of benzene rings is 1. The predicted molar refractivity (Wildman–Crippen MR) is 74.1 cm³/mol. The number of rotatable bonds is 0. The molecule has 2 aliphatic rings.